The van der Waals surface area contributed by atoms with Gasteiger partial charge in [0.1, 0.15) is 11.6 Å². The summed E-state index contributed by atoms with van der Waals surface area (Å²) in [4.78, 5) is 55.6. The third kappa shape index (κ3) is 4.85. The van der Waals surface area contributed by atoms with Crippen molar-refractivity contribution in [3.63, 3.8) is 0 Å². The van der Waals surface area contributed by atoms with Crippen molar-refractivity contribution in [1.29, 1.82) is 0 Å². The minimum Gasteiger partial charge on any atom is -0.451 e. The molecule has 1 aromatic heterocycles. The van der Waals surface area contributed by atoms with Crippen LogP contribution in [0.4, 0.5) is 11.4 Å². The lowest BCUT2D eigenvalue weighted by molar-refractivity contribution is -0.153. The Morgan fingerprint density at radius 2 is 1.81 bits per heavy atom. The molecular formula is C28H23N3O5S. The van der Waals surface area contributed by atoms with Crippen LogP contribution in [0.3, 0.4) is 0 Å². The number of hydrogen-bond donors (Lipinski definition) is 1. The highest BCUT2D eigenvalue weighted by Gasteiger charge is 2.37. The maximum absolute atomic E-state index is 12.8. The number of nitrogens with one attached hydrogen (secondary N) is 1. The zero-order valence-electron chi connectivity index (χ0n) is 20.2. The van der Waals surface area contributed by atoms with Crippen LogP contribution in [0.1, 0.15) is 29.3 Å². The first-order chi connectivity index (χ1) is 17.8. The second kappa shape index (κ2) is 9.94. The number of esters is 1. The van der Waals surface area contributed by atoms with E-state index in [9.17, 15) is 19.2 Å². The average Bonchev–Trinajstić information content (AvgIpc) is 3.42. The molecule has 0 saturated heterocycles. The average molecular weight is 514 g/mol. The molecule has 0 aliphatic carbocycles. The van der Waals surface area contributed by atoms with Gasteiger partial charge in [0.25, 0.3) is 17.6 Å². The van der Waals surface area contributed by atoms with Crippen LogP contribution in [0, 0.1) is 6.92 Å². The van der Waals surface area contributed by atoms with E-state index in [2.05, 4.69) is 16.4 Å². The number of ketones is 1. The number of ether oxygens (including phenoxy) is 1. The Balaban J connectivity index is 1.22. The van der Waals surface area contributed by atoms with Gasteiger partial charge in [-0.15, -0.1) is 11.3 Å². The number of benzene rings is 3. The van der Waals surface area contributed by atoms with Gasteiger partial charge in [0.2, 0.25) is 0 Å². The second-order valence-corrected chi connectivity index (χ2v) is 9.71. The Kier molecular flexibility index (Phi) is 6.54. The molecule has 8 nitrogen and oxygen atoms in total. The summed E-state index contributed by atoms with van der Waals surface area (Å²) in [7, 11) is 0. The number of Topliss-reactive ketones (excluding diaryl/α,β-unsaturated/α-hetero) is 1. The fraction of sp³-hybridized carbons (Fsp3) is 0.179. The fourth-order valence-corrected chi connectivity index (χ4v) is 5.20. The molecule has 4 aromatic rings. The van der Waals surface area contributed by atoms with Crippen LogP contribution in [0.5, 0.6) is 0 Å². The molecule has 1 unspecified atom stereocenters. The topological polar surface area (TPSA) is 106 Å². The predicted octanol–water partition coefficient (Wildman–Crippen LogP) is 4.76. The van der Waals surface area contributed by atoms with E-state index in [1.54, 1.807) is 48.6 Å². The number of rotatable bonds is 7. The maximum Gasteiger partial charge on any atom is 0.326 e. The highest BCUT2D eigenvalue weighted by atomic mass is 32.1. The maximum atomic E-state index is 12.8. The lowest BCUT2D eigenvalue weighted by Gasteiger charge is -2.19. The van der Waals surface area contributed by atoms with Gasteiger partial charge in [-0.3, -0.25) is 24.1 Å². The monoisotopic (exact) mass is 513 g/mol. The van der Waals surface area contributed by atoms with Crippen LogP contribution in [-0.4, -0.2) is 41.2 Å². The predicted molar refractivity (Wildman–Crippen MR) is 142 cm³/mol. The Morgan fingerprint density at radius 3 is 2.57 bits per heavy atom. The molecule has 0 fully saturated rings. The summed E-state index contributed by atoms with van der Waals surface area (Å²) in [6, 6.07) is 19.9. The van der Waals surface area contributed by atoms with Gasteiger partial charge in [0.05, 0.1) is 21.5 Å². The van der Waals surface area contributed by atoms with Gasteiger partial charge in [0.15, 0.2) is 6.10 Å². The van der Waals surface area contributed by atoms with E-state index in [0.29, 0.717) is 11.4 Å². The molecule has 37 heavy (non-hydrogen) atoms. The molecule has 2 amide bonds. The summed E-state index contributed by atoms with van der Waals surface area (Å²) < 4.78 is 6.48. The van der Waals surface area contributed by atoms with Crippen molar-refractivity contribution in [2.45, 2.75) is 26.4 Å². The minimum absolute atomic E-state index is 0.240. The number of carbonyl (C=O) groups excluding carboxylic acids is 4. The summed E-state index contributed by atoms with van der Waals surface area (Å²) in [5, 5.41) is 3.65. The number of aromatic nitrogens is 1. The van der Waals surface area contributed by atoms with Crippen molar-refractivity contribution in [3.05, 3.63) is 77.9 Å². The van der Waals surface area contributed by atoms with Crippen molar-refractivity contribution in [1.82, 2.24) is 4.98 Å². The van der Waals surface area contributed by atoms with E-state index in [-0.39, 0.29) is 12.0 Å². The Labute approximate surface area is 216 Å². The van der Waals surface area contributed by atoms with E-state index >= 15 is 0 Å². The lowest BCUT2D eigenvalue weighted by Crippen LogP contribution is -2.39. The Bertz CT molecular complexity index is 1540. The van der Waals surface area contributed by atoms with Crippen LogP contribution in [0.2, 0.25) is 0 Å². The van der Waals surface area contributed by atoms with Crippen molar-refractivity contribution in [2.24, 2.45) is 0 Å². The third-order valence-corrected chi connectivity index (χ3v) is 7.11. The number of nitrogens with zero attached hydrogens (tertiary/aromatic N) is 2. The molecule has 1 N–H and O–H groups in total. The van der Waals surface area contributed by atoms with E-state index in [0.717, 1.165) is 25.7 Å². The molecule has 9 heteroatoms. The van der Waals surface area contributed by atoms with Gasteiger partial charge < -0.3 is 10.1 Å². The number of thiazole rings is 1. The summed E-state index contributed by atoms with van der Waals surface area (Å²) in [5.74, 6) is -2.72. The molecular weight excluding hydrogens is 490 g/mol. The molecule has 0 radical (unpaired) electrons. The van der Waals surface area contributed by atoms with Crippen molar-refractivity contribution < 1.29 is 23.9 Å². The number of para-hydroxylation sites is 1. The standard InChI is InChI=1S/C28H23N3O5S/c1-3-22(36-24(32)15-31-21-7-5-4-6-19(21)25(33)28(31)35)26(34)29-18-11-9-17(10-12-18)27-30-20-13-8-16(2)14-23(20)37-27/h4-14,22H,3,15H2,1-2H3,(H,29,34). The molecule has 0 spiro atoms. The molecule has 1 atom stereocenters. The second-order valence-electron chi connectivity index (χ2n) is 8.68. The fourth-order valence-electron chi connectivity index (χ4n) is 4.13. The molecule has 2 heterocycles. The zero-order chi connectivity index (χ0) is 26.1. The quantitative estimate of drug-likeness (QED) is 0.282. The number of amides is 2. The molecule has 3 aromatic carbocycles. The van der Waals surface area contributed by atoms with E-state index in [1.165, 1.54) is 11.6 Å². The minimum atomic E-state index is -1.05. The zero-order valence-corrected chi connectivity index (χ0v) is 21.0. The number of aryl methyl sites for hydroxylation is 1. The van der Waals surface area contributed by atoms with Gasteiger partial charge in [-0.05, 0) is 67.4 Å². The Hall–Kier alpha value is -4.37. The van der Waals surface area contributed by atoms with Gasteiger partial charge >= 0.3 is 5.97 Å². The molecule has 1 aliphatic rings. The normalized spacial score (nSPS) is 13.5. The van der Waals surface area contributed by atoms with E-state index in [4.69, 9.17) is 4.74 Å². The number of fused-ring (bicyclic) bond motifs is 2. The van der Waals surface area contributed by atoms with Crippen molar-refractivity contribution >= 4 is 56.5 Å². The summed E-state index contributed by atoms with van der Waals surface area (Å²) in [5.41, 5.74) is 4.20. The first kappa shape index (κ1) is 24.3. The van der Waals surface area contributed by atoms with Gasteiger partial charge in [0, 0.05) is 11.3 Å². The van der Waals surface area contributed by atoms with Crippen LogP contribution >= 0.6 is 11.3 Å². The first-order valence-corrected chi connectivity index (χ1v) is 12.6. The molecule has 1 aliphatic heterocycles. The number of hydrogen-bond acceptors (Lipinski definition) is 7. The summed E-state index contributed by atoms with van der Waals surface area (Å²) in [6.45, 7) is 3.31. The largest absolute Gasteiger partial charge is 0.451 e. The highest BCUT2D eigenvalue weighted by Crippen LogP contribution is 2.31. The number of carbonyl (C=O) groups is 4. The van der Waals surface area contributed by atoms with Gasteiger partial charge in [-0.25, -0.2) is 4.98 Å². The van der Waals surface area contributed by atoms with Crippen LogP contribution in [-0.2, 0) is 19.1 Å². The third-order valence-electron chi connectivity index (χ3n) is 6.05. The summed E-state index contributed by atoms with van der Waals surface area (Å²) in [6.07, 6.45) is -0.812. The van der Waals surface area contributed by atoms with Crippen molar-refractivity contribution in [2.75, 3.05) is 16.8 Å². The molecule has 0 bridgehead atoms. The Morgan fingerprint density at radius 1 is 1.05 bits per heavy atom. The van der Waals surface area contributed by atoms with Crippen LogP contribution in [0.25, 0.3) is 20.8 Å². The van der Waals surface area contributed by atoms with Crippen molar-refractivity contribution in [3.8, 4) is 10.6 Å². The molecule has 0 saturated carbocycles. The summed E-state index contributed by atoms with van der Waals surface area (Å²) >= 11 is 1.60. The van der Waals surface area contributed by atoms with E-state index in [1.807, 2.05) is 31.2 Å². The highest BCUT2D eigenvalue weighted by molar-refractivity contribution is 7.21. The van der Waals surface area contributed by atoms with Crippen LogP contribution < -0.4 is 10.2 Å². The van der Waals surface area contributed by atoms with Crippen LogP contribution in [0.15, 0.2) is 66.7 Å². The van der Waals surface area contributed by atoms with Gasteiger partial charge in [-0.2, -0.15) is 0 Å². The first-order valence-electron chi connectivity index (χ1n) is 11.8. The van der Waals surface area contributed by atoms with Gasteiger partial charge in [-0.1, -0.05) is 25.1 Å². The molecule has 186 valence electrons. The lowest BCUT2D eigenvalue weighted by atomic mass is 10.1. The smallest absolute Gasteiger partial charge is 0.326 e. The SMILES string of the molecule is CCC(OC(=O)CN1C(=O)C(=O)c2ccccc21)C(=O)Nc1ccc(-c2nc3ccc(C)cc3s2)cc1. The van der Waals surface area contributed by atoms with E-state index < -0.39 is 36.2 Å². The molecule has 5 rings (SSSR count). The number of anilines is 2.